The lowest BCUT2D eigenvalue weighted by atomic mass is 10.2. The van der Waals surface area contributed by atoms with Crippen molar-refractivity contribution in [1.82, 2.24) is 15.1 Å². The molecule has 1 atom stereocenters. The molecule has 1 rings (SSSR count). The highest BCUT2D eigenvalue weighted by Gasteiger charge is 2.23. The number of carbonyl (C=O) groups is 3. The average Bonchev–Trinajstić information content (AvgIpc) is 2.55. The van der Waals surface area contributed by atoms with Gasteiger partial charge in [0.15, 0.2) is 0 Å². The van der Waals surface area contributed by atoms with E-state index in [-0.39, 0.29) is 0 Å². The van der Waals surface area contributed by atoms with E-state index in [1.165, 1.54) is 4.68 Å². The predicted molar refractivity (Wildman–Crippen MR) is 63.8 cm³/mol. The summed E-state index contributed by atoms with van der Waals surface area (Å²) >= 11 is 0. The minimum Gasteiger partial charge on any atom is -0.481 e. The van der Waals surface area contributed by atoms with Crippen LogP contribution in [0, 0.1) is 6.92 Å². The van der Waals surface area contributed by atoms with Gasteiger partial charge in [-0.1, -0.05) is 0 Å². The topological polar surface area (TPSA) is 134 Å². The van der Waals surface area contributed by atoms with Crippen molar-refractivity contribution >= 4 is 23.7 Å². The first-order chi connectivity index (χ1) is 8.79. The highest BCUT2D eigenvalue weighted by molar-refractivity contribution is 5.93. The largest absolute Gasteiger partial charge is 0.481 e. The van der Waals surface area contributed by atoms with Gasteiger partial charge in [0, 0.05) is 13.2 Å². The molecular formula is C10H14N4O5. The van der Waals surface area contributed by atoms with Gasteiger partial charge in [-0.05, 0) is 6.92 Å². The molecule has 0 aliphatic heterocycles. The van der Waals surface area contributed by atoms with Gasteiger partial charge in [-0.3, -0.25) is 9.48 Å². The molecule has 4 N–H and O–H groups in total. The van der Waals surface area contributed by atoms with E-state index < -0.39 is 30.4 Å². The van der Waals surface area contributed by atoms with Crippen LogP contribution in [-0.4, -0.2) is 44.0 Å². The lowest BCUT2D eigenvalue weighted by molar-refractivity contribution is -0.145. The van der Waals surface area contributed by atoms with E-state index >= 15 is 0 Å². The first kappa shape index (κ1) is 14.5. The van der Waals surface area contributed by atoms with E-state index in [0.717, 1.165) is 0 Å². The third-order valence-electron chi connectivity index (χ3n) is 2.24. The van der Waals surface area contributed by atoms with Crippen molar-refractivity contribution in [3.05, 3.63) is 11.9 Å². The van der Waals surface area contributed by atoms with Crippen molar-refractivity contribution < 1.29 is 24.6 Å². The fraction of sp³-hybridized carbons (Fsp3) is 0.400. The second-order valence-corrected chi connectivity index (χ2v) is 3.89. The first-order valence-corrected chi connectivity index (χ1v) is 5.32. The molecule has 1 unspecified atom stereocenters. The summed E-state index contributed by atoms with van der Waals surface area (Å²) in [4.78, 5) is 32.8. The summed E-state index contributed by atoms with van der Waals surface area (Å²) in [5.74, 6) is -2.73. The number of rotatable bonds is 5. The highest BCUT2D eigenvalue weighted by atomic mass is 16.4. The van der Waals surface area contributed by atoms with Crippen LogP contribution in [-0.2, 0) is 16.6 Å². The molecular weight excluding hydrogens is 256 g/mol. The van der Waals surface area contributed by atoms with Gasteiger partial charge in [-0.2, -0.15) is 5.10 Å². The van der Waals surface area contributed by atoms with Crippen LogP contribution in [0.1, 0.15) is 12.1 Å². The fourth-order valence-corrected chi connectivity index (χ4v) is 1.41. The predicted octanol–water partition coefficient (Wildman–Crippen LogP) is -0.222. The number of aryl methyl sites for hydroxylation is 2. The third kappa shape index (κ3) is 4.30. The minimum atomic E-state index is -1.49. The Bertz CT molecular complexity index is 510. The highest BCUT2D eigenvalue weighted by Crippen LogP contribution is 2.10. The number of hydrogen-bond donors (Lipinski definition) is 4. The summed E-state index contributed by atoms with van der Waals surface area (Å²) in [7, 11) is 1.67. The van der Waals surface area contributed by atoms with E-state index in [1.807, 2.05) is 0 Å². The molecule has 1 aromatic heterocycles. The molecule has 0 saturated carbocycles. The fourth-order valence-electron chi connectivity index (χ4n) is 1.41. The Labute approximate surface area is 108 Å². The van der Waals surface area contributed by atoms with Gasteiger partial charge < -0.3 is 20.8 Å². The molecule has 0 bridgehead atoms. The molecule has 0 radical (unpaired) electrons. The second kappa shape index (κ2) is 5.85. The maximum Gasteiger partial charge on any atom is 0.326 e. The van der Waals surface area contributed by atoms with Gasteiger partial charge in [0.05, 0.1) is 17.8 Å². The van der Waals surface area contributed by atoms with Crippen molar-refractivity contribution in [3.63, 3.8) is 0 Å². The lowest BCUT2D eigenvalue weighted by Gasteiger charge is -2.12. The number of amides is 2. The molecule has 104 valence electrons. The summed E-state index contributed by atoms with van der Waals surface area (Å²) in [6.45, 7) is 1.67. The zero-order valence-electron chi connectivity index (χ0n) is 10.4. The van der Waals surface area contributed by atoms with Crippen LogP contribution < -0.4 is 10.6 Å². The molecule has 2 amide bonds. The maximum atomic E-state index is 11.6. The van der Waals surface area contributed by atoms with Gasteiger partial charge in [0.25, 0.3) is 0 Å². The van der Waals surface area contributed by atoms with Crippen LogP contribution in [0.4, 0.5) is 10.5 Å². The van der Waals surface area contributed by atoms with Gasteiger partial charge >= 0.3 is 18.0 Å². The number of carbonyl (C=O) groups excluding carboxylic acids is 1. The quantitative estimate of drug-likeness (QED) is 0.584. The molecule has 0 aliphatic rings. The summed E-state index contributed by atoms with van der Waals surface area (Å²) in [5.41, 5.74) is 0.974. The van der Waals surface area contributed by atoms with Crippen molar-refractivity contribution in [2.24, 2.45) is 7.05 Å². The zero-order valence-corrected chi connectivity index (χ0v) is 10.4. The Balaban J connectivity index is 2.65. The van der Waals surface area contributed by atoms with Gasteiger partial charge in [-0.15, -0.1) is 0 Å². The van der Waals surface area contributed by atoms with Crippen LogP contribution >= 0.6 is 0 Å². The van der Waals surface area contributed by atoms with E-state index in [4.69, 9.17) is 10.2 Å². The van der Waals surface area contributed by atoms with Gasteiger partial charge in [-0.25, -0.2) is 9.59 Å². The Morgan fingerprint density at radius 3 is 2.47 bits per heavy atom. The normalized spacial score (nSPS) is 11.7. The molecule has 0 aromatic carbocycles. The minimum absolute atomic E-state index is 0.416. The summed E-state index contributed by atoms with van der Waals surface area (Å²) in [6, 6.07) is -2.29. The number of aromatic nitrogens is 2. The number of hydrogen-bond acceptors (Lipinski definition) is 4. The van der Waals surface area contributed by atoms with E-state index in [1.54, 1.807) is 20.2 Å². The van der Waals surface area contributed by atoms with Gasteiger partial charge in [0.1, 0.15) is 6.04 Å². The van der Waals surface area contributed by atoms with Crippen LogP contribution in [0.2, 0.25) is 0 Å². The molecule has 1 heterocycles. The Morgan fingerprint density at radius 1 is 1.42 bits per heavy atom. The smallest absolute Gasteiger partial charge is 0.326 e. The molecule has 0 fully saturated rings. The Kier molecular flexibility index (Phi) is 4.46. The SMILES string of the molecule is Cc1nn(C)cc1NC(=O)NC(CC(=O)O)C(=O)O. The number of nitrogens with one attached hydrogen (secondary N) is 2. The van der Waals surface area contributed by atoms with E-state index in [2.05, 4.69) is 15.7 Å². The molecule has 9 heteroatoms. The standard InChI is InChI=1S/C10H14N4O5/c1-5-7(4-14(2)13-5)12-10(19)11-6(9(17)18)3-8(15)16/h4,6H,3H2,1-2H3,(H,15,16)(H,17,18)(H2,11,12,19). The van der Waals surface area contributed by atoms with E-state index in [0.29, 0.717) is 11.4 Å². The Morgan fingerprint density at radius 2 is 2.05 bits per heavy atom. The molecule has 1 aromatic rings. The third-order valence-corrected chi connectivity index (χ3v) is 2.24. The average molecular weight is 270 g/mol. The van der Waals surface area contributed by atoms with Crippen LogP contribution in [0.15, 0.2) is 6.20 Å². The summed E-state index contributed by atoms with van der Waals surface area (Å²) < 4.78 is 1.48. The summed E-state index contributed by atoms with van der Waals surface area (Å²) in [5, 5.41) is 25.8. The van der Waals surface area contributed by atoms with Crippen LogP contribution in [0.3, 0.4) is 0 Å². The summed E-state index contributed by atoms with van der Waals surface area (Å²) in [6.07, 6.45) is 0.844. The van der Waals surface area contributed by atoms with Crippen LogP contribution in [0.25, 0.3) is 0 Å². The Hall–Kier alpha value is -2.58. The first-order valence-electron chi connectivity index (χ1n) is 5.32. The van der Waals surface area contributed by atoms with Crippen molar-refractivity contribution in [2.75, 3.05) is 5.32 Å². The molecule has 0 saturated heterocycles. The second-order valence-electron chi connectivity index (χ2n) is 3.89. The van der Waals surface area contributed by atoms with E-state index in [9.17, 15) is 14.4 Å². The monoisotopic (exact) mass is 270 g/mol. The number of nitrogens with zero attached hydrogens (tertiary/aromatic N) is 2. The number of carboxylic acid groups (broad SMARTS) is 2. The van der Waals surface area contributed by atoms with Crippen molar-refractivity contribution in [2.45, 2.75) is 19.4 Å². The van der Waals surface area contributed by atoms with Gasteiger partial charge in [0.2, 0.25) is 0 Å². The van der Waals surface area contributed by atoms with Crippen molar-refractivity contribution in [3.8, 4) is 0 Å². The lowest BCUT2D eigenvalue weighted by Crippen LogP contribution is -2.44. The number of anilines is 1. The molecule has 19 heavy (non-hydrogen) atoms. The van der Waals surface area contributed by atoms with Crippen molar-refractivity contribution in [1.29, 1.82) is 0 Å². The number of carboxylic acids is 2. The van der Waals surface area contributed by atoms with Crippen LogP contribution in [0.5, 0.6) is 0 Å². The number of urea groups is 1. The number of aliphatic carboxylic acids is 2. The molecule has 9 nitrogen and oxygen atoms in total. The molecule has 0 aliphatic carbocycles. The zero-order chi connectivity index (χ0) is 14.6. The maximum absolute atomic E-state index is 11.6. The molecule has 0 spiro atoms.